The summed E-state index contributed by atoms with van der Waals surface area (Å²) in [5.74, 6) is 0.936. The minimum absolute atomic E-state index is 0.0895. The number of nitrogens with one attached hydrogen (secondary N) is 1. The van der Waals surface area contributed by atoms with Crippen LogP contribution in [0.1, 0.15) is 43.5 Å². The Morgan fingerprint density at radius 1 is 1.32 bits per heavy atom. The maximum absolute atomic E-state index is 11.0. The lowest BCUT2D eigenvalue weighted by Gasteiger charge is -2.34. The zero-order valence-electron chi connectivity index (χ0n) is 12.4. The Balaban J connectivity index is 1.67. The molecule has 22 heavy (non-hydrogen) atoms. The van der Waals surface area contributed by atoms with Crippen molar-refractivity contribution in [3.8, 4) is 0 Å². The van der Waals surface area contributed by atoms with Gasteiger partial charge in [0.15, 0.2) is 5.82 Å². The number of nitrogens with zero attached hydrogens (tertiary/aromatic N) is 2. The van der Waals surface area contributed by atoms with Crippen molar-refractivity contribution >= 4 is 23.7 Å². The molecule has 1 aromatic carbocycles. The first-order chi connectivity index (χ1) is 10.5. The molecule has 3 rings (SSSR count). The summed E-state index contributed by atoms with van der Waals surface area (Å²) in [6, 6.07) is 7.47. The second-order valence-corrected chi connectivity index (χ2v) is 5.60. The highest BCUT2D eigenvalue weighted by Gasteiger charge is 2.38. The fourth-order valence-corrected chi connectivity index (χ4v) is 2.33. The molecule has 6 heteroatoms. The molecule has 0 saturated heterocycles. The predicted molar refractivity (Wildman–Crippen MR) is 83.7 cm³/mol. The van der Waals surface area contributed by atoms with Crippen LogP contribution in [0.3, 0.4) is 0 Å². The van der Waals surface area contributed by atoms with Crippen LogP contribution in [0.5, 0.6) is 0 Å². The third-order valence-corrected chi connectivity index (χ3v) is 3.78. The number of carbonyl (C=O) groups excluding carboxylic acids is 1. The first kappa shape index (κ1) is 14.5. The van der Waals surface area contributed by atoms with Crippen LogP contribution in [0, 0.1) is 0 Å². The molecule has 1 fully saturated rings. The van der Waals surface area contributed by atoms with Gasteiger partial charge in [-0.25, -0.2) is 0 Å². The molecular weight excluding hydrogens is 280 g/mol. The Morgan fingerprint density at radius 2 is 2.05 bits per heavy atom. The molecule has 0 bridgehead atoms. The van der Waals surface area contributed by atoms with Gasteiger partial charge in [-0.15, -0.1) is 0 Å². The third-order valence-electron chi connectivity index (χ3n) is 3.78. The highest BCUT2D eigenvalue weighted by Crippen LogP contribution is 2.36. The van der Waals surface area contributed by atoms with Crippen molar-refractivity contribution in [3.63, 3.8) is 0 Å². The smallest absolute Gasteiger partial charge is 0.250 e. The normalized spacial score (nSPS) is 16.5. The van der Waals surface area contributed by atoms with Crippen molar-refractivity contribution in [1.29, 1.82) is 0 Å². The topological polar surface area (TPSA) is 94.0 Å². The van der Waals surface area contributed by atoms with E-state index in [0.717, 1.165) is 30.5 Å². The number of carbonyl (C=O) groups is 1. The number of aromatic nitrogens is 2. The molecular formula is C16H18N4O2. The molecule has 1 heterocycles. The summed E-state index contributed by atoms with van der Waals surface area (Å²) in [6.07, 6.45) is 6.54. The van der Waals surface area contributed by atoms with Gasteiger partial charge in [-0.05, 0) is 43.0 Å². The van der Waals surface area contributed by atoms with Crippen LogP contribution in [0.25, 0.3) is 12.2 Å². The number of hydrogen-bond donors (Lipinski definition) is 2. The van der Waals surface area contributed by atoms with Gasteiger partial charge in [0.05, 0.1) is 5.54 Å². The molecule has 1 aliphatic carbocycles. The monoisotopic (exact) mass is 298 g/mol. The number of anilines is 1. The van der Waals surface area contributed by atoms with E-state index in [1.54, 1.807) is 6.08 Å². The van der Waals surface area contributed by atoms with Gasteiger partial charge in [-0.3, -0.25) is 4.79 Å². The van der Waals surface area contributed by atoms with Crippen molar-refractivity contribution in [3.05, 3.63) is 41.5 Å². The molecule has 2 aromatic rings. The average molecular weight is 298 g/mol. The van der Waals surface area contributed by atoms with Crippen LogP contribution in [-0.4, -0.2) is 16.0 Å². The van der Waals surface area contributed by atoms with E-state index >= 15 is 0 Å². The summed E-state index contributed by atoms with van der Waals surface area (Å²) in [4.78, 5) is 15.3. The zero-order valence-corrected chi connectivity index (χ0v) is 12.4. The van der Waals surface area contributed by atoms with Crippen molar-refractivity contribution in [2.24, 2.45) is 5.73 Å². The van der Waals surface area contributed by atoms with Crippen molar-refractivity contribution in [1.82, 2.24) is 10.1 Å². The number of rotatable bonds is 4. The molecule has 6 nitrogen and oxygen atoms in total. The highest BCUT2D eigenvalue weighted by atomic mass is 16.5. The fourth-order valence-electron chi connectivity index (χ4n) is 2.33. The lowest BCUT2D eigenvalue weighted by Crippen LogP contribution is -2.44. The van der Waals surface area contributed by atoms with Crippen molar-refractivity contribution < 1.29 is 9.32 Å². The summed E-state index contributed by atoms with van der Waals surface area (Å²) >= 11 is 0. The molecule has 0 unspecified atom stereocenters. The summed E-state index contributed by atoms with van der Waals surface area (Å²) in [5.41, 5.74) is 7.49. The number of benzene rings is 1. The van der Waals surface area contributed by atoms with Crippen LogP contribution in [-0.2, 0) is 10.3 Å². The van der Waals surface area contributed by atoms with E-state index in [2.05, 4.69) is 15.5 Å². The summed E-state index contributed by atoms with van der Waals surface area (Å²) in [7, 11) is 0. The van der Waals surface area contributed by atoms with Crippen LogP contribution in [0.4, 0.5) is 5.69 Å². The van der Waals surface area contributed by atoms with Crippen LogP contribution >= 0.6 is 0 Å². The average Bonchev–Trinajstić information content (AvgIpc) is 2.93. The largest absolute Gasteiger partial charge is 0.335 e. The Hall–Kier alpha value is -2.47. The molecule has 114 valence electrons. The van der Waals surface area contributed by atoms with Crippen LogP contribution in [0.15, 0.2) is 28.8 Å². The van der Waals surface area contributed by atoms with Crippen LogP contribution in [0.2, 0.25) is 0 Å². The molecule has 0 aliphatic heterocycles. The molecule has 1 amide bonds. The number of hydrogen-bond acceptors (Lipinski definition) is 5. The maximum Gasteiger partial charge on any atom is 0.250 e. The van der Waals surface area contributed by atoms with Gasteiger partial charge in [0.2, 0.25) is 5.91 Å². The van der Waals surface area contributed by atoms with E-state index in [1.807, 2.05) is 30.3 Å². The van der Waals surface area contributed by atoms with Gasteiger partial charge in [0, 0.05) is 18.7 Å². The van der Waals surface area contributed by atoms with E-state index < -0.39 is 5.54 Å². The van der Waals surface area contributed by atoms with Crippen molar-refractivity contribution in [2.75, 3.05) is 5.32 Å². The molecule has 3 N–H and O–H groups in total. The van der Waals surface area contributed by atoms with Gasteiger partial charge >= 0.3 is 0 Å². The quantitative estimate of drug-likeness (QED) is 0.904. The summed E-state index contributed by atoms with van der Waals surface area (Å²) < 4.78 is 5.20. The van der Waals surface area contributed by atoms with Crippen LogP contribution < -0.4 is 11.1 Å². The number of nitrogens with two attached hydrogens (primary N) is 1. The van der Waals surface area contributed by atoms with E-state index in [4.69, 9.17) is 10.3 Å². The second-order valence-electron chi connectivity index (χ2n) is 5.60. The van der Waals surface area contributed by atoms with Gasteiger partial charge in [0.25, 0.3) is 5.89 Å². The maximum atomic E-state index is 11.0. The molecule has 1 aromatic heterocycles. The Labute approximate surface area is 128 Å². The molecule has 1 aliphatic rings. The van der Waals surface area contributed by atoms with Crippen molar-refractivity contribution in [2.45, 2.75) is 31.7 Å². The Kier molecular flexibility index (Phi) is 3.77. The predicted octanol–water partition coefficient (Wildman–Crippen LogP) is 2.54. The van der Waals surface area contributed by atoms with E-state index in [9.17, 15) is 4.79 Å². The summed E-state index contributed by atoms with van der Waals surface area (Å²) in [5, 5.41) is 6.68. The molecule has 1 saturated carbocycles. The van der Waals surface area contributed by atoms with Gasteiger partial charge in [-0.2, -0.15) is 4.98 Å². The first-order valence-electron chi connectivity index (χ1n) is 7.24. The van der Waals surface area contributed by atoms with E-state index in [0.29, 0.717) is 11.7 Å². The SMILES string of the molecule is CC(=O)Nc1ccc(/C=C/c2nc(C3(N)CCC3)no2)cc1. The third kappa shape index (κ3) is 3.07. The standard InChI is InChI=1S/C16H18N4O2/c1-11(21)18-13-6-3-12(4-7-13)5-8-14-19-15(20-22-14)16(17)9-2-10-16/h3-8H,2,9-10,17H2,1H3,(H,18,21)/b8-5+. The van der Waals surface area contributed by atoms with Gasteiger partial charge in [-0.1, -0.05) is 17.3 Å². The lowest BCUT2D eigenvalue weighted by atomic mass is 9.77. The number of amides is 1. The van der Waals surface area contributed by atoms with E-state index in [-0.39, 0.29) is 5.91 Å². The Morgan fingerprint density at radius 3 is 2.64 bits per heavy atom. The molecule has 0 radical (unpaired) electrons. The minimum atomic E-state index is -0.407. The zero-order chi connectivity index (χ0) is 15.6. The Bertz CT molecular complexity index is 699. The highest BCUT2D eigenvalue weighted by molar-refractivity contribution is 5.88. The molecule has 0 spiro atoms. The minimum Gasteiger partial charge on any atom is -0.335 e. The van der Waals surface area contributed by atoms with Gasteiger partial charge < -0.3 is 15.6 Å². The lowest BCUT2D eigenvalue weighted by molar-refractivity contribution is -0.114. The second kappa shape index (κ2) is 5.73. The molecule has 0 atom stereocenters. The summed E-state index contributed by atoms with van der Waals surface area (Å²) in [6.45, 7) is 1.48. The fraction of sp³-hybridized carbons (Fsp3) is 0.312. The van der Waals surface area contributed by atoms with E-state index in [1.165, 1.54) is 6.92 Å². The van der Waals surface area contributed by atoms with Gasteiger partial charge in [0.1, 0.15) is 0 Å². The first-order valence-corrected chi connectivity index (χ1v) is 7.24.